The molecule has 104 valence electrons. The lowest BCUT2D eigenvalue weighted by Gasteiger charge is -2.43. The van der Waals surface area contributed by atoms with Crippen molar-refractivity contribution in [2.45, 2.75) is 51.2 Å². The average molecular weight is 259 g/mol. The fourth-order valence-corrected chi connectivity index (χ4v) is 2.95. The van der Waals surface area contributed by atoms with E-state index in [-0.39, 0.29) is 5.41 Å². The van der Waals surface area contributed by atoms with Crippen LogP contribution in [0.1, 0.15) is 40.0 Å². The van der Waals surface area contributed by atoms with Gasteiger partial charge in [0.1, 0.15) is 12.3 Å². The molecule has 0 spiro atoms. The fraction of sp³-hybridized carbons (Fsp3) is 0.923. The van der Waals surface area contributed by atoms with Gasteiger partial charge in [0.05, 0.1) is 12.2 Å². The monoisotopic (exact) mass is 259 g/mol. The molecule has 2 heterocycles. The zero-order valence-corrected chi connectivity index (χ0v) is 11.3. The van der Waals surface area contributed by atoms with Gasteiger partial charge in [-0.1, -0.05) is 0 Å². The van der Waals surface area contributed by atoms with Gasteiger partial charge in [0, 0.05) is 12.0 Å². The number of hydrogen-bond donors (Lipinski definition) is 1. The smallest absolute Gasteiger partial charge is 0.407 e. The Morgan fingerprint density at radius 2 is 2.11 bits per heavy atom. The summed E-state index contributed by atoms with van der Waals surface area (Å²) in [4.78, 5) is 11.4. The molecule has 1 amide bonds. The second kappa shape index (κ2) is 4.37. The molecular formula is C13H22FNO3. The Labute approximate surface area is 107 Å². The molecule has 3 aliphatic rings. The summed E-state index contributed by atoms with van der Waals surface area (Å²) in [6, 6.07) is 0. The molecule has 2 saturated heterocycles. The van der Waals surface area contributed by atoms with Crippen molar-refractivity contribution in [3.05, 3.63) is 0 Å². The van der Waals surface area contributed by atoms with Crippen LogP contribution in [0.3, 0.4) is 0 Å². The first-order valence-electron chi connectivity index (χ1n) is 6.45. The molecule has 4 nitrogen and oxygen atoms in total. The standard InChI is InChI=1S/C13H22FNO3/c1-11(2,3)18-10(16)15-5-4-12-6-13(7-12,8-14)17-9-12/h4-9H2,1-3H3,(H,15,16). The molecule has 5 heteroatoms. The number of nitrogens with one attached hydrogen (secondary N) is 1. The van der Waals surface area contributed by atoms with E-state index in [2.05, 4.69) is 5.32 Å². The Kier molecular flexibility index (Phi) is 3.30. The van der Waals surface area contributed by atoms with Crippen LogP contribution in [0.4, 0.5) is 9.18 Å². The van der Waals surface area contributed by atoms with Gasteiger partial charge in [0.15, 0.2) is 0 Å². The van der Waals surface area contributed by atoms with Crippen LogP contribution in [0, 0.1) is 5.41 Å². The minimum Gasteiger partial charge on any atom is -0.444 e. The molecule has 1 aliphatic carbocycles. The Morgan fingerprint density at radius 3 is 2.61 bits per heavy atom. The van der Waals surface area contributed by atoms with Gasteiger partial charge in [-0.05, 0) is 40.0 Å². The Hall–Kier alpha value is -0.840. The fourth-order valence-electron chi connectivity index (χ4n) is 2.95. The van der Waals surface area contributed by atoms with Crippen LogP contribution in [-0.2, 0) is 9.47 Å². The first-order valence-corrected chi connectivity index (χ1v) is 6.45. The van der Waals surface area contributed by atoms with Crippen LogP contribution in [0.2, 0.25) is 0 Å². The highest BCUT2D eigenvalue weighted by molar-refractivity contribution is 5.67. The summed E-state index contributed by atoms with van der Waals surface area (Å²) in [5, 5.41) is 2.74. The molecule has 18 heavy (non-hydrogen) atoms. The van der Waals surface area contributed by atoms with Crippen molar-refractivity contribution in [2.75, 3.05) is 19.8 Å². The Bertz CT molecular complexity index is 332. The van der Waals surface area contributed by atoms with Gasteiger partial charge >= 0.3 is 6.09 Å². The van der Waals surface area contributed by atoms with Gasteiger partial charge in [-0.25, -0.2) is 9.18 Å². The Balaban J connectivity index is 1.67. The molecule has 0 aromatic carbocycles. The SMILES string of the molecule is CC(C)(C)OC(=O)NCCC12COC(CF)(C1)C2. The van der Waals surface area contributed by atoms with Gasteiger partial charge in [0.2, 0.25) is 0 Å². The lowest BCUT2D eigenvalue weighted by Crippen LogP contribution is -2.47. The van der Waals surface area contributed by atoms with E-state index < -0.39 is 24.0 Å². The lowest BCUT2D eigenvalue weighted by atomic mass is 9.61. The molecule has 0 radical (unpaired) electrons. The molecule has 0 aromatic heterocycles. The third-order valence-corrected chi connectivity index (χ3v) is 3.65. The second-order valence-electron chi connectivity index (χ2n) is 6.64. The predicted octanol–water partition coefficient (Wildman–Crippen LogP) is 2.42. The summed E-state index contributed by atoms with van der Waals surface area (Å²) in [5.41, 5.74) is -0.883. The first kappa shape index (κ1) is 13.6. The topological polar surface area (TPSA) is 47.6 Å². The Morgan fingerprint density at radius 1 is 1.44 bits per heavy atom. The molecule has 2 bridgehead atoms. The quantitative estimate of drug-likeness (QED) is 0.843. The van der Waals surface area contributed by atoms with Gasteiger partial charge in [0.25, 0.3) is 0 Å². The number of alkyl carbamates (subject to hydrolysis) is 1. The lowest BCUT2D eigenvalue weighted by molar-refractivity contribution is -0.0358. The number of amides is 1. The third-order valence-electron chi connectivity index (χ3n) is 3.65. The number of hydrogen-bond acceptors (Lipinski definition) is 3. The number of ether oxygens (including phenoxy) is 2. The summed E-state index contributed by atoms with van der Waals surface area (Å²) in [5.74, 6) is 0. The molecular weight excluding hydrogens is 237 g/mol. The van der Waals surface area contributed by atoms with Crippen molar-refractivity contribution in [2.24, 2.45) is 5.41 Å². The van der Waals surface area contributed by atoms with Gasteiger partial charge < -0.3 is 14.8 Å². The van der Waals surface area contributed by atoms with E-state index >= 15 is 0 Å². The van der Waals surface area contributed by atoms with Gasteiger partial charge in [-0.15, -0.1) is 0 Å². The minimum atomic E-state index is -0.494. The summed E-state index contributed by atoms with van der Waals surface area (Å²) < 4.78 is 23.3. The number of halogens is 1. The zero-order valence-electron chi connectivity index (χ0n) is 11.3. The highest BCUT2D eigenvalue weighted by Gasteiger charge is 2.61. The van der Waals surface area contributed by atoms with Gasteiger partial charge in [-0.3, -0.25) is 0 Å². The zero-order chi connectivity index (χ0) is 13.4. The van der Waals surface area contributed by atoms with Crippen molar-refractivity contribution in [1.29, 1.82) is 0 Å². The number of rotatable bonds is 4. The highest BCUT2D eigenvalue weighted by atomic mass is 19.1. The van der Waals surface area contributed by atoms with Crippen molar-refractivity contribution in [1.82, 2.24) is 5.32 Å². The molecule has 3 fully saturated rings. The van der Waals surface area contributed by atoms with E-state index in [0.29, 0.717) is 13.2 Å². The van der Waals surface area contributed by atoms with Crippen LogP contribution in [-0.4, -0.2) is 37.1 Å². The normalized spacial score (nSPS) is 34.0. The van der Waals surface area contributed by atoms with Crippen molar-refractivity contribution in [3.8, 4) is 0 Å². The maximum Gasteiger partial charge on any atom is 0.407 e. The summed E-state index contributed by atoms with van der Waals surface area (Å²) in [6.07, 6.45) is 2.00. The second-order valence-corrected chi connectivity index (χ2v) is 6.64. The van der Waals surface area contributed by atoms with Crippen molar-refractivity contribution >= 4 is 6.09 Å². The molecule has 3 rings (SSSR count). The highest BCUT2D eigenvalue weighted by Crippen LogP contribution is 2.59. The van der Waals surface area contributed by atoms with Crippen LogP contribution in [0.5, 0.6) is 0 Å². The van der Waals surface area contributed by atoms with Crippen molar-refractivity contribution < 1.29 is 18.7 Å². The summed E-state index contributed by atoms with van der Waals surface area (Å²) in [7, 11) is 0. The first-order chi connectivity index (χ1) is 8.28. The van der Waals surface area contributed by atoms with Crippen LogP contribution in [0.15, 0.2) is 0 Å². The number of carbonyl (C=O) groups excluding carboxylic acids is 1. The molecule has 0 atom stereocenters. The van der Waals surface area contributed by atoms with E-state index in [4.69, 9.17) is 9.47 Å². The van der Waals surface area contributed by atoms with Crippen LogP contribution >= 0.6 is 0 Å². The largest absolute Gasteiger partial charge is 0.444 e. The van der Waals surface area contributed by atoms with E-state index in [1.165, 1.54) is 0 Å². The van der Waals surface area contributed by atoms with E-state index in [1.54, 1.807) is 0 Å². The third kappa shape index (κ3) is 2.76. The van der Waals surface area contributed by atoms with Crippen LogP contribution in [0.25, 0.3) is 0 Å². The number of alkyl halides is 1. The van der Waals surface area contributed by atoms with Crippen molar-refractivity contribution in [3.63, 3.8) is 0 Å². The van der Waals surface area contributed by atoms with E-state index in [1.807, 2.05) is 20.8 Å². The minimum absolute atomic E-state index is 0.0844. The number of carbonyl (C=O) groups is 1. The molecule has 1 saturated carbocycles. The molecule has 0 aromatic rings. The maximum absolute atomic E-state index is 12.7. The molecule has 0 unspecified atom stereocenters. The van der Waals surface area contributed by atoms with Crippen LogP contribution < -0.4 is 5.32 Å². The summed E-state index contributed by atoms with van der Waals surface area (Å²) >= 11 is 0. The molecule has 1 N–H and O–H groups in total. The maximum atomic E-state index is 12.7. The molecule has 2 aliphatic heterocycles. The predicted molar refractivity (Wildman–Crippen MR) is 65.2 cm³/mol. The van der Waals surface area contributed by atoms with Gasteiger partial charge in [-0.2, -0.15) is 0 Å². The average Bonchev–Trinajstić information content (AvgIpc) is 2.70. The summed E-state index contributed by atoms with van der Waals surface area (Å²) in [6.45, 7) is 6.27. The number of fused-ring (bicyclic) bond motifs is 1. The van der Waals surface area contributed by atoms with E-state index in [9.17, 15) is 9.18 Å². The van der Waals surface area contributed by atoms with E-state index in [0.717, 1.165) is 19.3 Å².